The Morgan fingerprint density at radius 3 is 2.71 bits per heavy atom. The number of rotatable bonds is 6. The predicted molar refractivity (Wildman–Crippen MR) is 68.3 cm³/mol. The minimum atomic E-state index is 0.00344. The highest BCUT2D eigenvalue weighted by atomic mass is 16.1. The summed E-state index contributed by atoms with van der Waals surface area (Å²) in [6.45, 7) is 5.31. The maximum Gasteiger partial charge on any atom is 0.224 e. The number of carbonyl (C=O) groups is 1. The molecule has 1 amide bonds. The van der Waals surface area contributed by atoms with Gasteiger partial charge in [0.25, 0.3) is 0 Å². The molecule has 0 fully saturated rings. The van der Waals surface area contributed by atoms with E-state index < -0.39 is 0 Å². The van der Waals surface area contributed by atoms with Crippen LogP contribution in [0.1, 0.15) is 19.5 Å². The fourth-order valence-electron chi connectivity index (χ4n) is 1.66. The summed E-state index contributed by atoms with van der Waals surface area (Å²) >= 11 is 0. The second-order valence-corrected chi connectivity index (χ2v) is 4.45. The van der Waals surface area contributed by atoms with Crippen LogP contribution >= 0.6 is 0 Å². The molecule has 0 radical (unpaired) electrons. The molecular weight excluding hydrogens is 214 g/mol. The highest BCUT2D eigenvalue weighted by Gasteiger charge is 2.20. The van der Waals surface area contributed by atoms with Crippen LogP contribution < -0.4 is 10.6 Å². The van der Waals surface area contributed by atoms with Gasteiger partial charge in [-0.15, -0.1) is 0 Å². The van der Waals surface area contributed by atoms with Crippen molar-refractivity contribution in [3.8, 4) is 0 Å². The fourth-order valence-corrected chi connectivity index (χ4v) is 1.66. The molecule has 1 rings (SSSR count). The van der Waals surface area contributed by atoms with E-state index in [1.165, 1.54) is 0 Å². The SMILES string of the molecule is CNCC(C(=O)NCc1ccccn1)C(C)C. The lowest BCUT2D eigenvalue weighted by Crippen LogP contribution is -2.38. The molecule has 17 heavy (non-hydrogen) atoms. The first-order valence-electron chi connectivity index (χ1n) is 5.97. The first-order chi connectivity index (χ1) is 8.15. The summed E-state index contributed by atoms with van der Waals surface area (Å²) in [7, 11) is 1.86. The van der Waals surface area contributed by atoms with Crippen LogP contribution in [-0.4, -0.2) is 24.5 Å². The van der Waals surface area contributed by atoms with Gasteiger partial charge in [-0.2, -0.15) is 0 Å². The molecule has 94 valence electrons. The van der Waals surface area contributed by atoms with Crippen molar-refractivity contribution in [3.05, 3.63) is 30.1 Å². The fraction of sp³-hybridized carbons (Fsp3) is 0.538. The van der Waals surface area contributed by atoms with Gasteiger partial charge in [0.15, 0.2) is 0 Å². The topological polar surface area (TPSA) is 54.0 Å². The van der Waals surface area contributed by atoms with Gasteiger partial charge in [0.2, 0.25) is 5.91 Å². The van der Waals surface area contributed by atoms with E-state index in [0.717, 1.165) is 5.69 Å². The first-order valence-corrected chi connectivity index (χ1v) is 5.97. The van der Waals surface area contributed by atoms with Crippen LogP contribution in [0, 0.1) is 11.8 Å². The predicted octanol–water partition coefficient (Wildman–Crippen LogP) is 1.19. The van der Waals surface area contributed by atoms with Crippen LogP contribution in [0.5, 0.6) is 0 Å². The Hall–Kier alpha value is -1.42. The Morgan fingerprint density at radius 2 is 2.18 bits per heavy atom. The zero-order chi connectivity index (χ0) is 12.7. The van der Waals surface area contributed by atoms with Crippen LogP contribution in [-0.2, 0) is 11.3 Å². The zero-order valence-corrected chi connectivity index (χ0v) is 10.7. The van der Waals surface area contributed by atoms with Gasteiger partial charge in [0, 0.05) is 12.7 Å². The quantitative estimate of drug-likeness (QED) is 0.778. The minimum Gasteiger partial charge on any atom is -0.350 e. The highest BCUT2D eigenvalue weighted by molar-refractivity contribution is 5.79. The molecule has 4 nitrogen and oxygen atoms in total. The average molecular weight is 235 g/mol. The number of hydrogen-bond donors (Lipinski definition) is 2. The molecule has 0 aromatic carbocycles. The maximum absolute atomic E-state index is 12.0. The lowest BCUT2D eigenvalue weighted by atomic mass is 9.95. The summed E-state index contributed by atoms with van der Waals surface area (Å²) in [5.74, 6) is 0.412. The largest absolute Gasteiger partial charge is 0.350 e. The monoisotopic (exact) mass is 235 g/mol. The maximum atomic E-state index is 12.0. The summed E-state index contributed by atoms with van der Waals surface area (Å²) in [6, 6.07) is 5.69. The number of hydrogen-bond acceptors (Lipinski definition) is 3. The standard InChI is InChI=1S/C13H21N3O/c1-10(2)12(9-14-3)13(17)16-8-11-6-4-5-7-15-11/h4-7,10,12,14H,8-9H2,1-3H3,(H,16,17). The number of nitrogens with one attached hydrogen (secondary N) is 2. The molecule has 1 aromatic heterocycles. The van der Waals surface area contributed by atoms with Gasteiger partial charge >= 0.3 is 0 Å². The lowest BCUT2D eigenvalue weighted by Gasteiger charge is -2.19. The van der Waals surface area contributed by atoms with E-state index in [2.05, 4.69) is 29.5 Å². The molecule has 1 atom stereocenters. The Morgan fingerprint density at radius 1 is 1.41 bits per heavy atom. The molecule has 1 unspecified atom stereocenters. The van der Waals surface area contributed by atoms with Crippen LogP contribution in [0.15, 0.2) is 24.4 Å². The molecule has 0 aliphatic heterocycles. The number of nitrogens with zero attached hydrogens (tertiary/aromatic N) is 1. The molecule has 2 N–H and O–H groups in total. The minimum absolute atomic E-state index is 0.00344. The Balaban J connectivity index is 2.47. The third kappa shape index (κ3) is 4.53. The molecular formula is C13H21N3O. The van der Waals surface area contributed by atoms with E-state index in [1.807, 2.05) is 25.2 Å². The normalized spacial score (nSPS) is 12.5. The van der Waals surface area contributed by atoms with Crippen LogP contribution in [0.3, 0.4) is 0 Å². The van der Waals surface area contributed by atoms with Gasteiger partial charge in [0.05, 0.1) is 18.2 Å². The van der Waals surface area contributed by atoms with Crippen molar-refractivity contribution in [2.45, 2.75) is 20.4 Å². The Bertz CT molecular complexity index is 338. The van der Waals surface area contributed by atoms with E-state index in [9.17, 15) is 4.79 Å². The molecule has 1 aromatic rings. The van der Waals surface area contributed by atoms with Gasteiger partial charge in [-0.1, -0.05) is 19.9 Å². The van der Waals surface area contributed by atoms with Crippen molar-refractivity contribution in [3.63, 3.8) is 0 Å². The Labute approximate surface area is 103 Å². The number of carbonyl (C=O) groups excluding carboxylic acids is 1. The van der Waals surface area contributed by atoms with Crippen molar-refractivity contribution in [2.75, 3.05) is 13.6 Å². The number of amides is 1. The summed E-state index contributed by atoms with van der Waals surface area (Å²) in [5.41, 5.74) is 0.882. The van der Waals surface area contributed by atoms with E-state index in [1.54, 1.807) is 6.20 Å². The van der Waals surface area contributed by atoms with Crippen LogP contribution in [0.4, 0.5) is 0 Å². The number of aromatic nitrogens is 1. The number of pyridine rings is 1. The Kier molecular flexibility index (Phi) is 5.63. The molecule has 0 saturated heterocycles. The van der Waals surface area contributed by atoms with Crippen molar-refractivity contribution in [1.82, 2.24) is 15.6 Å². The van der Waals surface area contributed by atoms with E-state index >= 15 is 0 Å². The summed E-state index contributed by atoms with van der Waals surface area (Å²) < 4.78 is 0. The second kappa shape index (κ2) is 7.01. The molecule has 0 spiro atoms. The van der Waals surface area contributed by atoms with Gasteiger partial charge in [0.1, 0.15) is 0 Å². The molecule has 0 saturated carbocycles. The van der Waals surface area contributed by atoms with Gasteiger partial charge < -0.3 is 10.6 Å². The third-order valence-corrected chi connectivity index (χ3v) is 2.74. The summed E-state index contributed by atoms with van der Waals surface area (Å²) in [5, 5.41) is 5.98. The van der Waals surface area contributed by atoms with Crippen molar-refractivity contribution >= 4 is 5.91 Å². The van der Waals surface area contributed by atoms with Crippen LogP contribution in [0.25, 0.3) is 0 Å². The van der Waals surface area contributed by atoms with Gasteiger partial charge in [-0.05, 0) is 25.1 Å². The lowest BCUT2D eigenvalue weighted by molar-refractivity contribution is -0.126. The molecule has 0 aliphatic carbocycles. The van der Waals surface area contributed by atoms with Gasteiger partial charge in [-0.3, -0.25) is 9.78 Å². The van der Waals surface area contributed by atoms with Crippen LogP contribution in [0.2, 0.25) is 0 Å². The van der Waals surface area contributed by atoms with Crippen molar-refractivity contribution in [1.29, 1.82) is 0 Å². The first kappa shape index (κ1) is 13.6. The second-order valence-electron chi connectivity index (χ2n) is 4.45. The zero-order valence-electron chi connectivity index (χ0n) is 10.7. The van der Waals surface area contributed by atoms with E-state index in [0.29, 0.717) is 19.0 Å². The smallest absolute Gasteiger partial charge is 0.224 e. The summed E-state index contributed by atoms with van der Waals surface area (Å²) in [4.78, 5) is 16.1. The molecule has 0 bridgehead atoms. The van der Waals surface area contributed by atoms with Gasteiger partial charge in [-0.25, -0.2) is 0 Å². The summed E-state index contributed by atoms with van der Waals surface area (Å²) in [6.07, 6.45) is 1.73. The van der Waals surface area contributed by atoms with Crippen molar-refractivity contribution in [2.24, 2.45) is 11.8 Å². The molecule has 1 heterocycles. The molecule has 0 aliphatic rings. The van der Waals surface area contributed by atoms with E-state index in [-0.39, 0.29) is 11.8 Å². The highest BCUT2D eigenvalue weighted by Crippen LogP contribution is 2.10. The van der Waals surface area contributed by atoms with Crippen molar-refractivity contribution < 1.29 is 4.79 Å². The average Bonchev–Trinajstić information content (AvgIpc) is 2.34. The third-order valence-electron chi connectivity index (χ3n) is 2.74. The molecule has 4 heteroatoms. The van der Waals surface area contributed by atoms with E-state index in [4.69, 9.17) is 0 Å².